The van der Waals surface area contributed by atoms with Crippen LogP contribution in [0.15, 0.2) is 59.5 Å². The number of carbonyl (C=O) groups excluding carboxylic acids is 1. The number of nitrogens with zero attached hydrogens (tertiary/aromatic N) is 1. The first-order valence-corrected chi connectivity index (χ1v) is 12.5. The molecule has 1 aliphatic heterocycles. The van der Waals surface area contributed by atoms with Gasteiger partial charge >= 0.3 is 0 Å². The van der Waals surface area contributed by atoms with Crippen molar-refractivity contribution in [3.05, 3.63) is 81.3 Å². The average Bonchev–Trinajstić information content (AvgIpc) is 2.79. The Balaban J connectivity index is 1.63. The fourth-order valence-corrected chi connectivity index (χ4v) is 5.42. The summed E-state index contributed by atoms with van der Waals surface area (Å²) in [4.78, 5) is 14.7. The van der Waals surface area contributed by atoms with Gasteiger partial charge in [-0.1, -0.05) is 23.2 Å². The highest BCUT2D eigenvalue weighted by Crippen LogP contribution is 2.34. The molecule has 9 heteroatoms. The molecule has 1 aliphatic rings. The molecule has 0 saturated carbocycles. The van der Waals surface area contributed by atoms with Crippen molar-refractivity contribution in [1.29, 1.82) is 0 Å². The molecule has 0 spiro atoms. The van der Waals surface area contributed by atoms with E-state index in [9.17, 15) is 13.2 Å². The van der Waals surface area contributed by atoms with Crippen molar-refractivity contribution in [1.82, 2.24) is 0 Å². The Labute approximate surface area is 203 Å². The summed E-state index contributed by atoms with van der Waals surface area (Å²) in [5.74, 6) is 0.0853. The lowest BCUT2D eigenvalue weighted by Crippen LogP contribution is -2.35. The van der Waals surface area contributed by atoms with E-state index in [1.807, 2.05) is 0 Å². The van der Waals surface area contributed by atoms with E-state index < -0.39 is 10.0 Å². The van der Waals surface area contributed by atoms with Crippen LogP contribution in [0.3, 0.4) is 0 Å². The van der Waals surface area contributed by atoms with Crippen LogP contribution in [0, 0.1) is 6.92 Å². The van der Waals surface area contributed by atoms with E-state index in [1.165, 1.54) is 13.2 Å². The molecule has 1 amide bonds. The molecule has 33 heavy (non-hydrogen) atoms. The van der Waals surface area contributed by atoms with Crippen molar-refractivity contribution in [2.75, 3.05) is 23.3 Å². The van der Waals surface area contributed by atoms with Crippen molar-refractivity contribution in [3.63, 3.8) is 0 Å². The number of fused-ring (bicyclic) bond motifs is 1. The van der Waals surface area contributed by atoms with Gasteiger partial charge in [-0.25, -0.2) is 8.42 Å². The van der Waals surface area contributed by atoms with Gasteiger partial charge in [-0.2, -0.15) is 0 Å². The SMILES string of the molecule is COc1cc(C)c(Cl)cc1S(=O)(=O)Nc1ccc2c(c1)CCCN2C(=O)c1ccc(Cl)cc1. The Morgan fingerprint density at radius 3 is 2.48 bits per heavy atom. The van der Waals surface area contributed by atoms with Crippen molar-refractivity contribution in [3.8, 4) is 5.75 Å². The first-order valence-electron chi connectivity index (χ1n) is 10.3. The van der Waals surface area contributed by atoms with Crippen molar-refractivity contribution in [2.24, 2.45) is 0 Å². The molecule has 0 bridgehead atoms. The maximum atomic E-state index is 13.1. The van der Waals surface area contributed by atoms with Gasteiger partial charge in [0, 0.05) is 33.5 Å². The highest BCUT2D eigenvalue weighted by atomic mass is 35.5. The predicted octanol–water partition coefficient (Wildman–Crippen LogP) is 5.70. The van der Waals surface area contributed by atoms with Crippen LogP contribution in [-0.4, -0.2) is 28.0 Å². The number of nitrogens with one attached hydrogen (secondary N) is 1. The third-order valence-corrected chi connectivity index (χ3v) is 7.58. The van der Waals surface area contributed by atoms with Crippen LogP contribution in [0.5, 0.6) is 5.75 Å². The third-order valence-electron chi connectivity index (χ3n) is 5.52. The molecule has 3 aromatic rings. The molecular weight excluding hydrogens is 483 g/mol. The molecule has 0 radical (unpaired) electrons. The minimum Gasteiger partial charge on any atom is -0.495 e. The number of sulfonamides is 1. The predicted molar refractivity (Wildman–Crippen MR) is 131 cm³/mol. The number of anilines is 2. The Bertz CT molecular complexity index is 1330. The van der Waals surface area contributed by atoms with Crippen LogP contribution in [0.4, 0.5) is 11.4 Å². The summed E-state index contributed by atoms with van der Waals surface area (Å²) in [6, 6.07) is 14.9. The fraction of sp³-hybridized carbons (Fsp3) is 0.208. The second-order valence-corrected chi connectivity index (χ2v) is 10.3. The minimum absolute atomic E-state index is 0.0436. The molecule has 172 valence electrons. The van der Waals surface area contributed by atoms with Gasteiger partial charge in [0.15, 0.2) is 0 Å². The molecule has 0 aliphatic carbocycles. The number of hydrogen-bond donors (Lipinski definition) is 1. The second kappa shape index (κ2) is 9.25. The number of benzene rings is 3. The van der Waals surface area contributed by atoms with Gasteiger partial charge in [-0.3, -0.25) is 9.52 Å². The standard InChI is InChI=1S/C24H22Cl2N2O4S/c1-15-12-22(32-2)23(14-20(15)26)33(30,31)27-19-9-10-21-17(13-19)4-3-11-28(21)24(29)16-5-7-18(25)8-6-16/h5-10,12-14,27H,3-4,11H2,1-2H3. The summed E-state index contributed by atoms with van der Waals surface area (Å²) in [6.45, 7) is 2.36. The number of ether oxygens (including phenoxy) is 1. The first-order chi connectivity index (χ1) is 15.7. The number of rotatable bonds is 5. The van der Waals surface area contributed by atoms with Crippen LogP contribution in [-0.2, 0) is 16.4 Å². The third kappa shape index (κ3) is 4.81. The smallest absolute Gasteiger partial charge is 0.265 e. The van der Waals surface area contributed by atoms with Gasteiger partial charge in [0.1, 0.15) is 10.6 Å². The zero-order chi connectivity index (χ0) is 23.8. The summed E-state index contributed by atoms with van der Waals surface area (Å²) in [5, 5.41) is 0.895. The first kappa shape index (κ1) is 23.4. The van der Waals surface area contributed by atoms with Crippen molar-refractivity contribution < 1.29 is 17.9 Å². The summed E-state index contributed by atoms with van der Waals surface area (Å²) in [5.41, 5.74) is 3.30. The number of carbonyl (C=O) groups is 1. The van der Waals surface area contributed by atoms with Gasteiger partial charge in [0.2, 0.25) is 0 Å². The Kier molecular flexibility index (Phi) is 6.56. The lowest BCUT2D eigenvalue weighted by Gasteiger charge is -2.30. The number of hydrogen-bond acceptors (Lipinski definition) is 4. The van der Waals surface area contributed by atoms with Crippen LogP contribution in [0.1, 0.15) is 27.9 Å². The molecule has 4 rings (SSSR count). The minimum atomic E-state index is -3.95. The van der Waals surface area contributed by atoms with E-state index in [1.54, 1.807) is 60.4 Å². The molecule has 1 heterocycles. The van der Waals surface area contributed by atoms with Crippen LogP contribution < -0.4 is 14.4 Å². The van der Waals surface area contributed by atoms with E-state index in [-0.39, 0.29) is 16.6 Å². The zero-order valence-corrected chi connectivity index (χ0v) is 20.4. The van der Waals surface area contributed by atoms with E-state index in [2.05, 4.69) is 4.72 Å². The molecule has 0 fully saturated rings. The number of halogens is 2. The van der Waals surface area contributed by atoms with E-state index in [4.69, 9.17) is 27.9 Å². The highest BCUT2D eigenvalue weighted by molar-refractivity contribution is 7.92. The van der Waals surface area contributed by atoms with Gasteiger partial charge in [-0.15, -0.1) is 0 Å². The molecule has 0 aromatic heterocycles. The number of aryl methyl sites for hydroxylation is 2. The molecule has 1 N–H and O–H groups in total. The average molecular weight is 505 g/mol. The van der Waals surface area contributed by atoms with Crippen LogP contribution in [0.2, 0.25) is 10.0 Å². The molecule has 3 aromatic carbocycles. The number of amides is 1. The number of methoxy groups -OCH3 is 1. The topological polar surface area (TPSA) is 75.7 Å². The van der Waals surface area contributed by atoms with Crippen LogP contribution >= 0.6 is 23.2 Å². The van der Waals surface area contributed by atoms with Crippen molar-refractivity contribution >= 4 is 50.5 Å². The monoisotopic (exact) mass is 504 g/mol. The largest absolute Gasteiger partial charge is 0.495 e. The van der Waals surface area contributed by atoms with Gasteiger partial charge in [0.05, 0.1) is 7.11 Å². The fourth-order valence-electron chi connectivity index (χ4n) is 3.84. The highest BCUT2D eigenvalue weighted by Gasteiger charge is 2.26. The molecule has 0 saturated heterocycles. The summed E-state index contributed by atoms with van der Waals surface area (Å²) in [7, 11) is -2.54. The maximum Gasteiger partial charge on any atom is 0.265 e. The molecule has 6 nitrogen and oxygen atoms in total. The maximum absolute atomic E-state index is 13.1. The zero-order valence-electron chi connectivity index (χ0n) is 18.1. The van der Waals surface area contributed by atoms with Crippen molar-refractivity contribution in [2.45, 2.75) is 24.7 Å². The quantitative estimate of drug-likeness (QED) is 0.483. The molecule has 0 atom stereocenters. The van der Waals surface area contributed by atoms with Gasteiger partial charge in [-0.05, 0) is 85.5 Å². The summed E-state index contributed by atoms with van der Waals surface area (Å²) in [6.07, 6.45) is 1.50. The lowest BCUT2D eigenvalue weighted by atomic mass is 10.00. The van der Waals surface area contributed by atoms with Crippen LogP contribution in [0.25, 0.3) is 0 Å². The van der Waals surface area contributed by atoms with Gasteiger partial charge < -0.3 is 9.64 Å². The van der Waals surface area contributed by atoms with E-state index in [0.717, 1.165) is 24.1 Å². The normalized spacial score (nSPS) is 13.4. The van der Waals surface area contributed by atoms with Gasteiger partial charge in [0.25, 0.3) is 15.9 Å². The van der Waals surface area contributed by atoms with E-state index >= 15 is 0 Å². The second-order valence-electron chi connectivity index (χ2n) is 7.77. The Morgan fingerprint density at radius 2 is 1.79 bits per heavy atom. The van der Waals surface area contributed by atoms with E-state index in [0.29, 0.717) is 33.4 Å². The lowest BCUT2D eigenvalue weighted by molar-refractivity contribution is 0.0985. The Morgan fingerprint density at radius 1 is 1.06 bits per heavy atom. The summed E-state index contributed by atoms with van der Waals surface area (Å²) < 4.78 is 34.0. The molecular formula is C24H22Cl2N2O4S. The molecule has 0 unspecified atom stereocenters. The Hall–Kier alpha value is -2.74. The summed E-state index contributed by atoms with van der Waals surface area (Å²) >= 11 is 12.1.